The molecule has 1 nitrogen and oxygen atoms in total. The second-order valence-corrected chi connectivity index (χ2v) is 1.92. The molecule has 0 aromatic rings. The van der Waals surface area contributed by atoms with Crippen LogP contribution in [0, 0.1) is 12.3 Å². The van der Waals surface area contributed by atoms with Gasteiger partial charge in [-0.15, -0.1) is 12.3 Å². The Morgan fingerprint density at radius 3 is 2.78 bits per heavy atom. The van der Waals surface area contributed by atoms with E-state index in [4.69, 9.17) is 11.2 Å². The highest BCUT2D eigenvalue weighted by Gasteiger charge is 1.83. The molecule has 0 rings (SSSR count). The second-order valence-electron chi connectivity index (χ2n) is 1.92. The normalized spacial score (nSPS) is 8.89. The molecular weight excluding hydrogens is 112 g/mol. The average Bonchev–Trinajstić information content (AvgIpc) is 1.89. The summed E-state index contributed by atoms with van der Waals surface area (Å²) < 4.78 is 5.19. The molecule has 0 saturated carbocycles. The number of unbranched alkanes of at least 4 members (excludes halogenated alkanes) is 1. The van der Waals surface area contributed by atoms with Crippen molar-refractivity contribution in [2.75, 3.05) is 13.2 Å². The lowest BCUT2D eigenvalue weighted by Gasteiger charge is -1.97. The van der Waals surface area contributed by atoms with Gasteiger partial charge in [-0.2, -0.15) is 0 Å². The topological polar surface area (TPSA) is 9.23 Å². The lowest BCUT2D eigenvalue weighted by atomic mass is 10.3. The minimum Gasteiger partial charge on any atom is -0.381 e. The molecule has 0 aliphatic heterocycles. The van der Waals surface area contributed by atoms with Gasteiger partial charge in [0, 0.05) is 19.6 Å². The molecule has 0 N–H and O–H groups in total. The van der Waals surface area contributed by atoms with E-state index in [1.807, 2.05) is 0 Å². The Bertz CT molecular complexity index is 81.1. The summed E-state index contributed by atoms with van der Waals surface area (Å²) in [5.74, 6) is 2.56. The first kappa shape index (κ1) is 8.52. The molecule has 0 fully saturated rings. The van der Waals surface area contributed by atoms with Crippen LogP contribution < -0.4 is 0 Å². The van der Waals surface area contributed by atoms with Gasteiger partial charge in [-0.25, -0.2) is 0 Å². The van der Waals surface area contributed by atoms with Crippen molar-refractivity contribution in [1.82, 2.24) is 0 Å². The van der Waals surface area contributed by atoms with Crippen molar-refractivity contribution in [3.8, 4) is 12.3 Å². The summed E-state index contributed by atoms with van der Waals surface area (Å²) >= 11 is 0. The van der Waals surface area contributed by atoms with E-state index in [9.17, 15) is 0 Å². The molecule has 1 heteroatoms. The SMILES string of the molecule is C#CCCCOCCC. The molecule has 0 aliphatic carbocycles. The molecule has 0 amide bonds. The van der Waals surface area contributed by atoms with Gasteiger partial charge in [-0.3, -0.25) is 0 Å². The molecule has 52 valence electrons. The van der Waals surface area contributed by atoms with E-state index in [2.05, 4.69) is 12.8 Å². The largest absolute Gasteiger partial charge is 0.381 e. The van der Waals surface area contributed by atoms with Crippen molar-refractivity contribution in [3.05, 3.63) is 0 Å². The predicted octanol–water partition coefficient (Wildman–Crippen LogP) is 1.83. The number of terminal acetylenes is 1. The molecule has 9 heavy (non-hydrogen) atoms. The Balaban J connectivity index is 2.69. The van der Waals surface area contributed by atoms with Crippen LogP contribution in [-0.4, -0.2) is 13.2 Å². The van der Waals surface area contributed by atoms with Gasteiger partial charge in [0.05, 0.1) is 0 Å². The van der Waals surface area contributed by atoms with Gasteiger partial charge in [-0.05, 0) is 12.8 Å². The van der Waals surface area contributed by atoms with E-state index in [-0.39, 0.29) is 0 Å². The highest BCUT2D eigenvalue weighted by Crippen LogP contribution is 1.88. The molecular formula is C8H14O. The smallest absolute Gasteiger partial charge is 0.0475 e. The third kappa shape index (κ3) is 7.52. The van der Waals surface area contributed by atoms with Crippen LogP contribution in [0.3, 0.4) is 0 Å². The Labute approximate surface area is 57.4 Å². The van der Waals surface area contributed by atoms with E-state index in [0.717, 1.165) is 32.5 Å². The molecule has 0 aromatic carbocycles. The van der Waals surface area contributed by atoms with Gasteiger partial charge < -0.3 is 4.74 Å². The number of rotatable bonds is 5. The molecule has 0 bridgehead atoms. The maximum Gasteiger partial charge on any atom is 0.0475 e. The fourth-order valence-corrected chi connectivity index (χ4v) is 0.523. The monoisotopic (exact) mass is 126 g/mol. The van der Waals surface area contributed by atoms with Crippen molar-refractivity contribution in [2.45, 2.75) is 26.2 Å². The molecule has 0 saturated heterocycles. The standard InChI is InChI=1S/C8H14O/c1-3-5-6-8-9-7-4-2/h1H,4-8H2,2H3. The van der Waals surface area contributed by atoms with Crippen LogP contribution in [-0.2, 0) is 4.74 Å². The van der Waals surface area contributed by atoms with E-state index >= 15 is 0 Å². The average molecular weight is 126 g/mol. The maximum absolute atomic E-state index is 5.19. The number of ether oxygens (including phenoxy) is 1. The quantitative estimate of drug-likeness (QED) is 0.403. The van der Waals surface area contributed by atoms with Gasteiger partial charge in [-0.1, -0.05) is 6.92 Å². The minimum absolute atomic E-state index is 0.818. The summed E-state index contributed by atoms with van der Waals surface area (Å²) in [5.41, 5.74) is 0. The zero-order chi connectivity index (χ0) is 6.95. The van der Waals surface area contributed by atoms with Crippen molar-refractivity contribution >= 4 is 0 Å². The summed E-state index contributed by atoms with van der Waals surface area (Å²) in [6, 6.07) is 0. The molecule has 0 unspecified atom stereocenters. The first-order chi connectivity index (χ1) is 4.41. The zero-order valence-electron chi connectivity index (χ0n) is 6.02. The van der Waals surface area contributed by atoms with Crippen molar-refractivity contribution in [3.63, 3.8) is 0 Å². The molecule has 0 spiro atoms. The lowest BCUT2D eigenvalue weighted by Crippen LogP contribution is -1.94. The highest BCUT2D eigenvalue weighted by atomic mass is 16.5. The summed E-state index contributed by atoms with van der Waals surface area (Å²) in [7, 11) is 0. The van der Waals surface area contributed by atoms with Gasteiger partial charge >= 0.3 is 0 Å². The molecule has 0 radical (unpaired) electrons. The van der Waals surface area contributed by atoms with Crippen LogP contribution in [0.5, 0.6) is 0 Å². The third-order valence-corrected chi connectivity index (χ3v) is 0.958. The van der Waals surface area contributed by atoms with E-state index < -0.39 is 0 Å². The lowest BCUT2D eigenvalue weighted by molar-refractivity contribution is 0.133. The Hall–Kier alpha value is -0.480. The maximum atomic E-state index is 5.19. The fourth-order valence-electron chi connectivity index (χ4n) is 0.523. The molecule has 0 atom stereocenters. The molecule has 0 aromatic heterocycles. The van der Waals surface area contributed by atoms with Gasteiger partial charge in [0.2, 0.25) is 0 Å². The fraction of sp³-hybridized carbons (Fsp3) is 0.750. The Morgan fingerprint density at radius 1 is 1.44 bits per heavy atom. The van der Waals surface area contributed by atoms with Crippen LogP contribution in [0.2, 0.25) is 0 Å². The second kappa shape index (κ2) is 7.52. The van der Waals surface area contributed by atoms with E-state index in [0.29, 0.717) is 0 Å². The van der Waals surface area contributed by atoms with Crippen LogP contribution >= 0.6 is 0 Å². The summed E-state index contributed by atoms with van der Waals surface area (Å²) in [6.07, 6.45) is 7.96. The van der Waals surface area contributed by atoms with Crippen LogP contribution in [0.4, 0.5) is 0 Å². The predicted molar refractivity (Wildman–Crippen MR) is 39.2 cm³/mol. The van der Waals surface area contributed by atoms with Crippen molar-refractivity contribution in [1.29, 1.82) is 0 Å². The Morgan fingerprint density at radius 2 is 2.22 bits per heavy atom. The Kier molecular flexibility index (Phi) is 7.12. The first-order valence-corrected chi connectivity index (χ1v) is 3.43. The van der Waals surface area contributed by atoms with Gasteiger partial charge in [0.15, 0.2) is 0 Å². The first-order valence-electron chi connectivity index (χ1n) is 3.43. The summed E-state index contributed by atoms with van der Waals surface area (Å²) in [4.78, 5) is 0. The van der Waals surface area contributed by atoms with Crippen molar-refractivity contribution < 1.29 is 4.74 Å². The molecule has 0 heterocycles. The van der Waals surface area contributed by atoms with E-state index in [1.54, 1.807) is 0 Å². The third-order valence-electron chi connectivity index (χ3n) is 0.958. The van der Waals surface area contributed by atoms with Crippen LogP contribution in [0.25, 0.3) is 0 Å². The van der Waals surface area contributed by atoms with E-state index in [1.165, 1.54) is 0 Å². The highest BCUT2D eigenvalue weighted by molar-refractivity contribution is 4.82. The summed E-state index contributed by atoms with van der Waals surface area (Å²) in [5, 5.41) is 0. The van der Waals surface area contributed by atoms with Gasteiger partial charge in [0.1, 0.15) is 0 Å². The van der Waals surface area contributed by atoms with Gasteiger partial charge in [0.25, 0.3) is 0 Å². The number of hydrogen-bond donors (Lipinski definition) is 0. The number of hydrogen-bond acceptors (Lipinski definition) is 1. The van der Waals surface area contributed by atoms with Crippen molar-refractivity contribution in [2.24, 2.45) is 0 Å². The van der Waals surface area contributed by atoms with Crippen LogP contribution in [0.15, 0.2) is 0 Å². The summed E-state index contributed by atoms with van der Waals surface area (Å²) in [6.45, 7) is 3.78. The minimum atomic E-state index is 0.818. The zero-order valence-corrected chi connectivity index (χ0v) is 6.02. The molecule has 0 aliphatic rings. The van der Waals surface area contributed by atoms with Crippen LogP contribution in [0.1, 0.15) is 26.2 Å².